The molecule has 0 aromatic heterocycles. The summed E-state index contributed by atoms with van der Waals surface area (Å²) < 4.78 is 4.63. The van der Waals surface area contributed by atoms with Crippen LogP contribution in [0.3, 0.4) is 0 Å². The summed E-state index contributed by atoms with van der Waals surface area (Å²) in [7, 11) is 1.71. The van der Waals surface area contributed by atoms with E-state index in [0.717, 1.165) is 0 Å². The summed E-state index contributed by atoms with van der Waals surface area (Å²) in [5, 5.41) is 0. The fourth-order valence-corrected chi connectivity index (χ4v) is 0. The van der Waals surface area contributed by atoms with Crippen molar-refractivity contribution >= 4 is 32.0 Å². The average molecular weight is 230 g/mol. The summed E-state index contributed by atoms with van der Waals surface area (Å²) in [6, 6.07) is 0. The van der Waals surface area contributed by atoms with E-state index in [9.17, 15) is 0 Å². The third kappa shape index (κ3) is 3.24. The third-order valence-electron chi connectivity index (χ3n) is 0.0772. The molecule has 0 aromatic rings. The van der Waals surface area contributed by atoms with Crippen LogP contribution in [0.5, 0.6) is 0 Å². The molecule has 0 saturated carbocycles. The molecule has 24 valence electrons. The van der Waals surface area contributed by atoms with Crippen molar-refractivity contribution in [1.82, 2.24) is 0 Å². The van der Waals surface area contributed by atoms with Gasteiger partial charge in [-0.1, -0.05) is 0 Å². The molecule has 2 radical (unpaired) electrons. The number of halogens is 1. The van der Waals surface area contributed by atoms with E-state index in [2.05, 4.69) is 15.8 Å². The van der Waals surface area contributed by atoms with E-state index in [1.165, 1.54) is 0 Å². The minimum absolute atomic E-state index is 0.464. The van der Waals surface area contributed by atoms with Gasteiger partial charge < -0.3 is 0 Å². The molecular formula is CH3BrOSn. The quantitative estimate of drug-likeness (QED) is 0.597. The second-order valence-corrected chi connectivity index (χ2v) is 4.06. The molecule has 0 aliphatic carbocycles. The Morgan fingerprint density at radius 1 is 2.00 bits per heavy atom. The van der Waals surface area contributed by atoms with Crippen molar-refractivity contribution in [2.45, 2.75) is 0 Å². The first-order chi connectivity index (χ1) is 1.91. The molecule has 0 unspecified atom stereocenters. The fourth-order valence-electron chi connectivity index (χ4n) is 0. The number of hydrogen-bond donors (Lipinski definition) is 0. The maximum absolute atomic E-state index is 4.63. The van der Waals surface area contributed by atoms with Gasteiger partial charge in [-0.3, -0.25) is 0 Å². The Bertz CT molecular complexity index is 10.0. The molecule has 0 aliphatic rings. The summed E-state index contributed by atoms with van der Waals surface area (Å²) in [4.78, 5) is 0. The van der Waals surface area contributed by atoms with Gasteiger partial charge in [0.15, 0.2) is 0 Å². The van der Waals surface area contributed by atoms with Crippen LogP contribution in [0.25, 0.3) is 0 Å². The zero-order valence-corrected chi connectivity index (χ0v) is 6.73. The molecule has 0 aromatic carbocycles. The Balaban J connectivity index is 1.97. The summed E-state index contributed by atoms with van der Waals surface area (Å²) in [5.74, 6) is 0. The van der Waals surface area contributed by atoms with Gasteiger partial charge in [0, 0.05) is 0 Å². The SMILES string of the molecule is C[O][Sn][Br]. The van der Waals surface area contributed by atoms with E-state index in [-0.39, 0.29) is 0 Å². The molecule has 1 nitrogen and oxygen atoms in total. The monoisotopic (exact) mass is 230 g/mol. The van der Waals surface area contributed by atoms with E-state index < -0.39 is 19.3 Å². The maximum atomic E-state index is 4.63. The molecule has 0 fully saturated rings. The molecule has 0 aliphatic heterocycles. The fraction of sp³-hybridized carbons (Fsp3) is 1.00. The first kappa shape index (κ1) is 5.24. The first-order valence-electron chi connectivity index (χ1n) is 0.801. The summed E-state index contributed by atoms with van der Waals surface area (Å²) in [6.45, 7) is 0. The first-order valence-corrected chi connectivity index (χ1v) is 8.36. The van der Waals surface area contributed by atoms with Crippen LogP contribution in [0.4, 0.5) is 0 Å². The zero-order valence-electron chi connectivity index (χ0n) is 2.29. The molecule has 0 bridgehead atoms. The number of hydrogen-bond acceptors (Lipinski definition) is 1. The van der Waals surface area contributed by atoms with E-state index >= 15 is 0 Å². The van der Waals surface area contributed by atoms with Crippen LogP contribution in [-0.4, -0.2) is 26.4 Å². The van der Waals surface area contributed by atoms with Crippen molar-refractivity contribution in [3.63, 3.8) is 0 Å². The average Bonchev–Trinajstić information content (AvgIpc) is 1.37. The van der Waals surface area contributed by atoms with Crippen molar-refractivity contribution < 1.29 is 3.07 Å². The second-order valence-electron chi connectivity index (χ2n) is 0.281. The van der Waals surface area contributed by atoms with Gasteiger partial charge in [0.1, 0.15) is 0 Å². The van der Waals surface area contributed by atoms with Crippen molar-refractivity contribution in [1.29, 1.82) is 0 Å². The van der Waals surface area contributed by atoms with Crippen LogP contribution in [0.1, 0.15) is 0 Å². The van der Waals surface area contributed by atoms with Crippen LogP contribution in [-0.2, 0) is 3.07 Å². The molecular weight excluding hydrogens is 227 g/mol. The van der Waals surface area contributed by atoms with Crippen LogP contribution in [0.15, 0.2) is 0 Å². The normalized spacial score (nSPS) is 7.50. The Kier molecular flexibility index (Phi) is 5.55. The Labute approximate surface area is 42.2 Å². The topological polar surface area (TPSA) is 9.23 Å². The van der Waals surface area contributed by atoms with E-state index in [0.29, 0.717) is 0 Å². The van der Waals surface area contributed by atoms with Gasteiger partial charge in [-0.2, -0.15) is 0 Å². The molecule has 0 spiro atoms. The Morgan fingerprint density at radius 2 is 2.25 bits per heavy atom. The standard InChI is InChI=1S/CH3O.BrH.Sn/c1-2;;/h1H3;1H;/q-1;;+2/p-1. The van der Waals surface area contributed by atoms with Gasteiger partial charge in [-0.25, -0.2) is 0 Å². The molecule has 0 atom stereocenters. The van der Waals surface area contributed by atoms with Gasteiger partial charge in [0.25, 0.3) is 0 Å². The molecule has 0 heterocycles. The van der Waals surface area contributed by atoms with Crippen molar-refractivity contribution in [2.75, 3.05) is 7.11 Å². The molecule has 0 rings (SSSR count). The van der Waals surface area contributed by atoms with Gasteiger partial charge in [0.2, 0.25) is 0 Å². The minimum atomic E-state index is -0.464. The molecule has 0 amide bonds. The van der Waals surface area contributed by atoms with Gasteiger partial charge >= 0.3 is 42.2 Å². The summed E-state index contributed by atoms with van der Waals surface area (Å²) >= 11 is 2.73. The van der Waals surface area contributed by atoms with Crippen molar-refractivity contribution in [3.05, 3.63) is 0 Å². The molecule has 4 heavy (non-hydrogen) atoms. The van der Waals surface area contributed by atoms with Crippen molar-refractivity contribution in [3.8, 4) is 0 Å². The second kappa shape index (κ2) is 4.24. The van der Waals surface area contributed by atoms with Crippen LogP contribution in [0.2, 0.25) is 0 Å². The van der Waals surface area contributed by atoms with Crippen LogP contribution >= 0.6 is 12.7 Å². The van der Waals surface area contributed by atoms with Gasteiger partial charge in [-0.05, 0) is 0 Å². The van der Waals surface area contributed by atoms with Gasteiger partial charge in [-0.15, -0.1) is 0 Å². The Hall–Kier alpha value is 1.24. The van der Waals surface area contributed by atoms with E-state index in [1.807, 2.05) is 0 Å². The molecule has 3 heteroatoms. The predicted octanol–water partition coefficient (Wildman–Crippen LogP) is 0.562. The molecule has 0 saturated heterocycles. The van der Waals surface area contributed by atoms with E-state index in [4.69, 9.17) is 0 Å². The number of rotatable bonds is 1. The summed E-state index contributed by atoms with van der Waals surface area (Å²) in [5.41, 5.74) is 0. The zero-order chi connectivity index (χ0) is 3.41. The van der Waals surface area contributed by atoms with Crippen LogP contribution in [0, 0.1) is 0 Å². The van der Waals surface area contributed by atoms with Crippen LogP contribution < -0.4 is 0 Å². The molecule has 0 N–H and O–H groups in total. The summed E-state index contributed by atoms with van der Waals surface area (Å²) in [6.07, 6.45) is 0. The predicted molar refractivity (Wildman–Crippen MR) is 21.7 cm³/mol. The van der Waals surface area contributed by atoms with E-state index in [1.54, 1.807) is 7.11 Å². The van der Waals surface area contributed by atoms with Gasteiger partial charge in [0.05, 0.1) is 0 Å². The third-order valence-corrected chi connectivity index (χ3v) is 2.69. The Morgan fingerprint density at radius 3 is 2.25 bits per heavy atom. The van der Waals surface area contributed by atoms with Crippen molar-refractivity contribution in [2.24, 2.45) is 0 Å².